The van der Waals surface area contributed by atoms with E-state index in [1.54, 1.807) is 4.90 Å². The lowest BCUT2D eigenvalue weighted by Gasteiger charge is -2.25. The average Bonchev–Trinajstić information content (AvgIpc) is 3.06. The maximum Gasteiger partial charge on any atom is 0.269 e. The minimum atomic E-state index is -4.22. The Kier molecular flexibility index (Phi) is 7.07. The van der Waals surface area contributed by atoms with E-state index in [2.05, 4.69) is 0 Å². The summed E-state index contributed by atoms with van der Waals surface area (Å²) in [5.74, 6) is -0.814. The Labute approximate surface area is 204 Å². The number of carbonyl (C=O) groups excluding carboxylic acids is 2. The summed E-state index contributed by atoms with van der Waals surface area (Å²) in [6.45, 7) is 0.0691. The molecule has 1 heterocycles. The summed E-state index contributed by atoms with van der Waals surface area (Å²) in [5, 5.41) is 0. The normalized spacial score (nSPS) is 13.9. The van der Waals surface area contributed by atoms with E-state index >= 15 is 0 Å². The van der Waals surface area contributed by atoms with Gasteiger partial charge in [-0.15, -0.1) is 0 Å². The first-order chi connectivity index (χ1) is 16.8. The van der Waals surface area contributed by atoms with Crippen LogP contribution in [0.5, 0.6) is 11.5 Å². The van der Waals surface area contributed by atoms with E-state index in [1.807, 2.05) is 60.7 Å². The Balaban J connectivity index is 1.59. The molecule has 0 saturated carbocycles. The number of fused-ring (bicyclic) bond motifs is 1. The maximum atomic E-state index is 13.4. The molecule has 1 aliphatic rings. The molecule has 9 heteroatoms. The number of nitrogens with zero attached hydrogens (tertiary/aromatic N) is 2. The van der Waals surface area contributed by atoms with Crippen LogP contribution < -0.4 is 9.47 Å². The average molecular weight is 495 g/mol. The third kappa shape index (κ3) is 5.00. The lowest BCUT2D eigenvalue weighted by molar-refractivity contribution is -0.131. The van der Waals surface area contributed by atoms with Gasteiger partial charge in [0.25, 0.3) is 15.9 Å². The van der Waals surface area contributed by atoms with Crippen LogP contribution in [0.3, 0.4) is 0 Å². The molecule has 182 valence electrons. The van der Waals surface area contributed by atoms with Crippen LogP contribution in [-0.2, 0) is 27.8 Å². The van der Waals surface area contributed by atoms with Crippen molar-refractivity contribution in [2.45, 2.75) is 17.9 Å². The van der Waals surface area contributed by atoms with Gasteiger partial charge in [0, 0.05) is 19.2 Å². The number of ether oxygens (including phenoxy) is 2. The van der Waals surface area contributed by atoms with Crippen LogP contribution in [0.4, 0.5) is 0 Å². The molecule has 8 nitrogen and oxygen atoms in total. The van der Waals surface area contributed by atoms with Crippen molar-refractivity contribution >= 4 is 21.8 Å². The van der Waals surface area contributed by atoms with Crippen molar-refractivity contribution in [3.8, 4) is 11.5 Å². The lowest BCUT2D eigenvalue weighted by atomic mass is 10.1. The summed E-state index contributed by atoms with van der Waals surface area (Å²) in [7, 11) is -1.45. The molecule has 0 N–H and O–H groups in total. The topological polar surface area (TPSA) is 93.2 Å². The molecule has 0 unspecified atom stereocenters. The zero-order valence-corrected chi connectivity index (χ0v) is 20.3. The molecule has 0 radical (unpaired) electrons. The highest BCUT2D eigenvalue weighted by Crippen LogP contribution is 2.38. The Bertz CT molecular complexity index is 1330. The third-order valence-electron chi connectivity index (χ3n) is 5.87. The standard InChI is InChI=1S/C26H26N2O6S/c1-33-22-15-21-24(16-23(22)34-2)35(31,32)28(26(21)30)18-25(29)27(17-20-11-7-4-8-12-20)14-13-19-9-5-3-6-10-19/h3-12,15-16H,13-14,17-18H2,1-2H3. The fourth-order valence-corrected chi connectivity index (χ4v) is 5.50. The monoisotopic (exact) mass is 494 g/mol. The van der Waals surface area contributed by atoms with Gasteiger partial charge in [-0.25, -0.2) is 12.7 Å². The predicted octanol–water partition coefficient (Wildman–Crippen LogP) is 3.12. The molecule has 0 saturated heterocycles. The second-order valence-corrected chi connectivity index (χ2v) is 9.89. The molecule has 0 aromatic heterocycles. The van der Waals surface area contributed by atoms with Gasteiger partial charge in [-0.05, 0) is 23.6 Å². The van der Waals surface area contributed by atoms with Gasteiger partial charge in [0.1, 0.15) is 11.4 Å². The van der Waals surface area contributed by atoms with Crippen molar-refractivity contribution in [2.24, 2.45) is 0 Å². The van der Waals surface area contributed by atoms with Crippen LogP contribution in [-0.4, -0.2) is 56.7 Å². The van der Waals surface area contributed by atoms with E-state index in [-0.39, 0.29) is 22.0 Å². The predicted molar refractivity (Wildman–Crippen MR) is 130 cm³/mol. The number of rotatable bonds is 9. The highest BCUT2D eigenvalue weighted by atomic mass is 32.2. The van der Waals surface area contributed by atoms with E-state index in [0.717, 1.165) is 11.1 Å². The molecule has 0 aliphatic carbocycles. The molecule has 0 bridgehead atoms. The molecular weight excluding hydrogens is 468 g/mol. The molecule has 0 spiro atoms. The third-order valence-corrected chi connectivity index (χ3v) is 7.64. The smallest absolute Gasteiger partial charge is 0.269 e. The summed E-state index contributed by atoms with van der Waals surface area (Å²) >= 11 is 0. The van der Waals surface area contributed by atoms with E-state index in [1.165, 1.54) is 26.4 Å². The Morgan fingerprint density at radius 2 is 1.46 bits per heavy atom. The Morgan fingerprint density at radius 3 is 2.06 bits per heavy atom. The van der Waals surface area contributed by atoms with Crippen LogP contribution in [0.25, 0.3) is 0 Å². The van der Waals surface area contributed by atoms with Crippen molar-refractivity contribution in [2.75, 3.05) is 27.3 Å². The van der Waals surface area contributed by atoms with Gasteiger partial charge in [-0.2, -0.15) is 0 Å². The number of amides is 2. The minimum absolute atomic E-state index is 0.0469. The second-order valence-electron chi connectivity index (χ2n) is 8.06. The van der Waals surface area contributed by atoms with E-state index < -0.39 is 28.4 Å². The molecule has 0 atom stereocenters. The fourth-order valence-electron chi connectivity index (χ4n) is 3.99. The summed E-state index contributed by atoms with van der Waals surface area (Å²) in [6.07, 6.45) is 0.592. The Hall–Kier alpha value is -3.85. The number of methoxy groups -OCH3 is 2. The van der Waals surface area contributed by atoms with Gasteiger partial charge < -0.3 is 14.4 Å². The Morgan fingerprint density at radius 1 is 0.886 bits per heavy atom. The van der Waals surface area contributed by atoms with E-state index in [0.29, 0.717) is 23.8 Å². The van der Waals surface area contributed by atoms with E-state index in [4.69, 9.17) is 9.47 Å². The minimum Gasteiger partial charge on any atom is -0.493 e. The van der Waals surface area contributed by atoms with Gasteiger partial charge in [-0.3, -0.25) is 9.59 Å². The number of hydrogen-bond donors (Lipinski definition) is 0. The molecular formula is C26H26N2O6S. The maximum absolute atomic E-state index is 13.4. The second kappa shape index (κ2) is 10.2. The quantitative estimate of drug-likeness (QED) is 0.454. The van der Waals surface area contributed by atoms with Crippen molar-refractivity contribution in [3.63, 3.8) is 0 Å². The first-order valence-corrected chi connectivity index (χ1v) is 12.5. The van der Waals surface area contributed by atoms with E-state index in [9.17, 15) is 18.0 Å². The number of hydrogen-bond acceptors (Lipinski definition) is 6. The lowest BCUT2D eigenvalue weighted by Crippen LogP contribution is -2.43. The molecule has 1 aliphatic heterocycles. The van der Waals surface area contributed by atoms with Gasteiger partial charge in [0.15, 0.2) is 11.5 Å². The van der Waals surface area contributed by atoms with Gasteiger partial charge in [0.2, 0.25) is 5.91 Å². The zero-order valence-electron chi connectivity index (χ0n) is 19.5. The number of carbonyl (C=O) groups is 2. The highest BCUT2D eigenvalue weighted by Gasteiger charge is 2.43. The molecule has 4 rings (SSSR count). The van der Waals surface area contributed by atoms with Crippen molar-refractivity contribution in [1.29, 1.82) is 0 Å². The van der Waals surface area contributed by atoms with Crippen molar-refractivity contribution < 1.29 is 27.5 Å². The van der Waals surface area contributed by atoms with Crippen LogP contribution >= 0.6 is 0 Å². The van der Waals surface area contributed by atoms with Gasteiger partial charge >= 0.3 is 0 Å². The first kappa shape index (κ1) is 24.3. The highest BCUT2D eigenvalue weighted by molar-refractivity contribution is 7.90. The van der Waals surface area contributed by atoms with Crippen LogP contribution in [0.2, 0.25) is 0 Å². The van der Waals surface area contributed by atoms with Crippen molar-refractivity contribution in [1.82, 2.24) is 9.21 Å². The largest absolute Gasteiger partial charge is 0.493 e. The fraction of sp³-hybridized carbons (Fsp3) is 0.231. The van der Waals surface area contributed by atoms with Crippen molar-refractivity contribution in [3.05, 3.63) is 89.5 Å². The summed E-state index contributed by atoms with van der Waals surface area (Å²) < 4.78 is 37.4. The van der Waals surface area contributed by atoms with Crippen LogP contribution in [0.15, 0.2) is 77.7 Å². The first-order valence-electron chi connectivity index (χ1n) is 11.0. The van der Waals surface area contributed by atoms with Gasteiger partial charge in [-0.1, -0.05) is 60.7 Å². The summed E-state index contributed by atoms with van der Waals surface area (Å²) in [6, 6.07) is 21.7. The van der Waals surface area contributed by atoms with Gasteiger partial charge in [0.05, 0.1) is 19.8 Å². The molecule has 35 heavy (non-hydrogen) atoms. The van der Waals surface area contributed by atoms with Crippen LogP contribution in [0, 0.1) is 0 Å². The number of benzene rings is 3. The number of sulfonamides is 1. The zero-order chi connectivity index (χ0) is 25.0. The summed E-state index contributed by atoms with van der Waals surface area (Å²) in [5.41, 5.74) is 1.91. The molecule has 0 fully saturated rings. The molecule has 2 amide bonds. The van der Waals surface area contributed by atoms with Crippen LogP contribution in [0.1, 0.15) is 21.5 Å². The molecule has 3 aromatic carbocycles. The SMILES string of the molecule is COc1cc2c(cc1OC)S(=O)(=O)N(CC(=O)N(CCc1ccccc1)Cc1ccccc1)C2=O. The summed E-state index contributed by atoms with van der Waals surface area (Å²) in [4.78, 5) is 27.8. The molecule has 3 aromatic rings.